The zero-order valence-electron chi connectivity index (χ0n) is 15.5. The number of carbonyl (C=O) groups is 1. The topological polar surface area (TPSA) is 59.8 Å². The van der Waals surface area contributed by atoms with E-state index in [4.69, 9.17) is 10.1 Å². The maximum absolute atomic E-state index is 12.9. The van der Waals surface area contributed by atoms with Gasteiger partial charge >= 0.3 is 0 Å². The molecule has 142 valence electrons. The molecule has 2 fully saturated rings. The molecular formula is C22H22N4OS. The third-order valence-electron chi connectivity index (χ3n) is 5.04. The van der Waals surface area contributed by atoms with Gasteiger partial charge in [0.05, 0.1) is 5.69 Å². The highest BCUT2D eigenvalue weighted by Gasteiger charge is 2.33. The highest BCUT2D eigenvalue weighted by atomic mass is 32.2. The smallest absolute Gasteiger partial charge is 0.238 e. The van der Waals surface area contributed by atoms with Crippen LogP contribution >= 0.6 is 11.8 Å². The van der Waals surface area contributed by atoms with Crippen molar-refractivity contribution in [2.24, 2.45) is 0 Å². The molecule has 6 heteroatoms. The summed E-state index contributed by atoms with van der Waals surface area (Å²) in [5, 5.41) is 8.22. The van der Waals surface area contributed by atoms with Crippen molar-refractivity contribution < 1.29 is 4.79 Å². The van der Waals surface area contributed by atoms with Gasteiger partial charge in [-0.3, -0.25) is 4.79 Å². The maximum Gasteiger partial charge on any atom is 0.238 e. The Morgan fingerprint density at radius 3 is 2.32 bits per heavy atom. The van der Waals surface area contributed by atoms with Crippen molar-refractivity contribution >= 4 is 17.7 Å². The second kappa shape index (κ2) is 7.43. The summed E-state index contributed by atoms with van der Waals surface area (Å²) in [6.45, 7) is 0. The lowest BCUT2D eigenvalue weighted by Crippen LogP contribution is -2.29. The minimum absolute atomic E-state index is 0.0442. The molecule has 0 bridgehead atoms. The number of nitrogens with zero attached hydrogens (tertiary/aromatic N) is 3. The first-order valence-electron chi connectivity index (χ1n) is 9.82. The summed E-state index contributed by atoms with van der Waals surface area (Å²) in [6.07, 6.45) is 4.45. The number of nitrogens with one attached hydrogen (secondary N) is 1. The molecule has 0 spiro atoms. The Balaban J connectivity index is 1.46. The first-order valence-corrected chi connectivity index (χ1v) is 10.7. The van der Waals surface area contributed by atoms with Gasteiger partial charge in [0.1, 0.15) is 11.1 Å². The van der Waals surface area contributed by atoms with Gasteiger partial charge in [-0.25, -0.2) is 9.67 Å². The van der Waals surface area contributed by atoms with Crippen LogP contribution in [-0.2, 0) is 4.79 Å². The molecule has 1 N–H and O–H groups in total. The van der Waals surface area contributed by atoms with E-state index in [1.54, 1.807) is 0 Å². The van der Waals surface area contributed by atoms with Gasteiger partial charge in [0.15, 0.2) is 0 Å². The van der Waals surface area contributed by atoms with E-state index in [9.17, 15) is 4.79 Å². The van der Waals surface area contributed by atoms with Crippen molar-refractivity contribution in [1.29, 1.82) is 0 Å². The lowest BCUT2D eigenvalue weighted by molar-refractivity contribution is -0.120. The normalized spacial score (nSPS) is 17.3. The Hall–Kier alpha value is -2.60. The fourth-order valence-electron chi connectivity index (χ4n) is 3.23. The van der Waals surface area contributed by atoms with Crippen molar-refractivity contribution in [3.8, 4) is 5.69 Å². The van der Waals surface area contributed by atoms with E-state index >= 15 is 0 Å². The van der Waals surface area contributed by atoms with Crippen molar-refractivity contribution in [1.82, 2.24) is 20.1 Å². The third kappa shape index (κ3) is 3.83. The number of benzene rings is 2. The van der Waals surface area contributed by atoms with E-state index in [-0.39, 0.29) is 11.2 Å². The maximum atomic E-state index is 12.9. The molecule has 3 aromatic rings. The van der Waals surface area contributed by atoms with Crippen LogP contribution in [0.4, 0.5) is 0 Å². The molecule has 2 saturated carbocycles. The highest BCUT2D eigenvalue weighted by Crippen LogP contribution is 2.42. The van der Waals surface area contributed by atoms with E-state index in [1.165, 1.54) is 11.8 Å². The molecule has 2 aromatic carbocycles. The number of carbonyl (C=O) groups excluding carboxylic acids is 1. The van der Waals surface area contributed by atoms with Crippen LogP contribution < -0.4 is 5.32 Å². The highest BCUT2D eigenvalue weighted by molar-refractivity contribution is 8.00. The molecule has 28 heavy (non-hydrogen) atoms. The van der Waals surface area contributed by atoms with Crippen LogP contribution in [-0.4, -0.2) is 26.7 Å². The predicted molar refractivity (Wildman–Crippen MR) is 110 cm³/mol. The van der Waals surface area contributed by atoms with Crippen LogP contribution in [0.5, 0.6) is 0 Å². The van der Waals surface area contributed by atoms with E-state index in [2.05, 4.69) is 5.32 Å². The molecule has 5 rings (SSSR count). The summed E-state index contributed by atoms with van der Waals surface area (Å²) in [5.74, 6) is 1.52. The van der Waals surface area contributed by atoms with E-state index in [1.807, 2.05) is 65.3 Å². The van der Waals surface area contributed by atoms with E-state index < -0.39 is 0 Å². The number of thioether (sulfide) groups is 1. The monoisotopic (exact) mass is 390 g/mol. The van der Waals surface area contributed by atoms with Gasteiger partial charge in [0.2, 0.25) is 11.1 Å². The molecular weight excluding hydrogens is 368 g/mol. The average Bonchev–Trinajstić information content (AvgIpc) is 3.67. The quantitative estimate of drug-likeness (QED) is 0.613. The van der Waals surface area contributed by atoms with Crippen molar-refractivity contribution in [2.75, 3.05) is 0 Å². The molecule has 0 radical (unpaired) electrons. The molecule has 0 unspecified atom stereocenters. The number of aromatic nitrogens is 3. The van der Waals surface area contributed by atoms with Crippen LogP contribution in [0.25, 0.3) is 5.69 Å². The van der Waals surface area contributed by atoms with Crippen molar-refractivity contribution in [3.05, 3.63) is 72.1 Å². The largest absolute Gasteiger partial charge is 0.352 e. The molecule has 1 atom stereocenters. The standard InChI is InChI=1S/C22H22N4OS/c27-21(23-17-13-14-17)19(15-7-3-1-4-8-15)28-22-24-20(16-11-12-16)26(25-22)18-9-5-2-6-10-18/h1-10,16-17,19H,11-14H2,(H,23,27)/t19-/m0/s1. The van der Waals surface area contributed by atoms with Crippen LogP contribution in [0.15, 0.2) is 65.8 Å². The number of para-hydroxylation sites is 1. The molecule has 2 aliphatic carbocycles. The zero-order chi connectivity index (χ0) is 18.9. The Labute approximate surface area is 168 Å². The van der Waals surface area contributed by atoms with Crippen LogP contribution in [0.1, 0.15) is 48.2 Å². The van der Waals surface area contributed by atoms with Gasteiger partial charge in [-0.2, -0.15) is 0 Å². The van der Waals surface area contributed by atoms with Crippen LogP contribution in [0, 0.1) is 0 Å². The van der Waals surface area contributed by atoms with E-state index in [0.717, 1.165) is 42.8 Å². The fraction of sp³-hybridized carbons (Fsp3) is 0.318. The molecule has 0 aliphatic heterocycles. The Bertz CT molecular complexity index is 965. The Morgan fingerprint density at radius 2 is 1.68 bits per heavy atom. The third-order valence-corrected chi connectivity index (χ3v) is 6.15. The minimum atomic E-state index is -0.347. The predicted octanol–water partition coefficient (Wildman–Crippen LogP) is 4.26. The van der Waals surface area contributed by atoms with Gasteiger partial charge in [0.25, 0.3) is 0 Å². The molecule has 1 heterocycles. The van der Waals surface area contributed by atoms with Crippen molar-refractivity contribution in [2.45, 2.75) is 48.0 Å². The molecule has 1 aromatic heterocycles. The first-order chi connectivity index (χ1) is 13.8. The molecule has 2 aliphatic rings. The molecule has 1 amide bonds. The Morgan fingerprint density at radius 1 is 1.00 bits per heavy atom. The van der Waals surface area contributed by atoms with Crippen LogP contribution in [0.3, 0.4) is 0 Å². The lowest BCUT2D eigenvalue weighted by atomic mass is 10.1. The van der Waals surface area contributed by atoms with Gasteiger partial charge < -0.3 is 5.32 Å². The first kappa shape index (κ1) is 17.5. The zero-order valence-corrected chi connectivity index (χ0v) is 16.3. The SMILES string of the molecule is O=C(NC1CC1)[C@@H](Sc1nc(C2CC2)n(-c2ccccc2)n1)c1ccccc1. The summed E-state index contributed by atoms with van der Waals surface area (Å²) < 4.78 is 1.95. The second-order valence-corrected chi connectivity index (χ2v) is 8.54. The van der Waals surface area contributed by atoms with Gasteiger partial charge in [-0.1, -0.05) is 60.3 Å². The fourth-order valence-corrected chi connectivity index (χ4v) is 4.18. The van der Waals surface area contributed by atoms with Crippen molar-refractivity contribution in [3.63, 3.8) is 0 Å². The van der Waals surface area contributed by atoms with Gasteiger partial charge in [-0.15, -0.1) is 5.10 Å². The Kier molecular flexibility index (Phi) is 4.64. The summed E-state index contributed by atoms with van der Waals surface area (Å²) in [7, 11) is 0. The average molecular weight is 391 g/mol. The summed E-state index contributed by atoms with van der Waals surface area (Å²) >= 11 is 1.44. The summed E-state index contributed by atoms with van der Waals surface area (Å²) in [6, 6.07) is 20.4. The number of amides is 1. The van der Waals surface area contributed by atoms with E-state index in [0.29, 0.717) is 17.1 Å². The molecule has 5 nitrogen and oxygen atoms in total. The lowest BCUT2D eigenvalue weighted by Gasteiger charge is -2.15. The number of hydrogen-bond acceptors (Lipinski definition) is 4. The van der Waals surface area contributed by atoms with Crippen LogP contribution in [0.2, 0.25) is 0 Å². The molecule has 0 saturated heterocycles. The summed E-state index contributed by atoms with van der Waals surface area (Å²) in [5.41, 5.74) is 2.00. The minimum Gasteiger partial charge on any atom is -0.352 e. The van der Waals surface area contributed by atoms with Gasteiger partial charge in [0, 0.05) is 12.0 Å². The van der Waals surface area contributed by atoms with Gasteiger partial charge in [-0.05, 0) is 43.4 Å². The summed E-state index contributed by atoms with van der Waals surface area (Å²) in [4.78, 5) is 17.7. The number of rotatable bonds is 7. The number of hydrogen-bond donors (Lipinski definition) is 1. The second-order valence-electron chi connectivity index (χ2n) is 7.47.